The Morgan fingerprint density at radius 2 is 1.47 bits per heavy atom. The van der Waals surface area contributed by atoms with Crippen molar-refractivity contribution in [2.45, 2.75) is 23.6 Å². The normalized spacial score (nSPS) is 10.6. The van der Waals surface area contributed by atoms with Crippen molar-refractivity contribution in [1.29, 1.82) is 0 Å². The molecule has 2 rings (SSSR count). The van der Waals surface area contributed by atoms with Crippen molar-refractivity contribution in [3.05, 3.63) is 35.4 Å². The maximum atomic E-state index is 9.91. The van der Waals surface area contributed by atoms with Gasteiger partial charge in [-0.25, -0.2) is 0 Å². The van der Waals surface area contributed by atoms with Gasteiger partial charge in [-0.15, -0.1) is 0 Å². The maximum Gasteiger partial charge on any atom is 0.129 e. The average molecular weight is 276 g/mol. The van der Waals surface area contributed by atoms with Crippen molar-refractivity contribution in [3.8, 4) is 11.5 Å². The average Bonchev–Trinajstić information content (AvgIpc) is 2.32. The number of anilines is 2. The molecule has 0 aliphatic carbocycles. The molecule has 0 amide bonds. The summed E-state index contributed by atoms with van der Waals surface area (Å²) in [4.78, 5) is 1.29. The van der Waals surface area contributed by atoms with E-state index in [9.17, 15) is 10.2 Å². The molecule has 0 radical (unpaired) electrons. The lowest BCUT2D eigenvalue weighted by Gasteiger charge is -2.11. The zero-order valence-electron chi connectivity index (χ0n) is 10.8. The Labute approximate surface area is 116 Å². The Morgan fingerprint density at radius 1 is 0.789 bits per heavy atom. The van der Waals surface area contributed by atoms with E-state index in [2.05, 4.69) is 0 Å². The minimum atomic E-state index is 0.149. The smallest absolute Gasteiger partial charge is 0.129 e. The summed E-state index contributed by atoms with van der Waals surface area (Å²) in [5.41, 5.74) is 14.4. The number of benzene rings is 2. The number of rotatable bonds is 2. The van der Waals surface area contributed by atoms with E-state index in [1.54, 1.807) is 31.2 Å². The van der Waals surface area contributed by atoms with Gasteiger partial charge in [-0.05, 0) is 49.2 Å². The van der Waals surface area contributed by atoms with Gasteiger partial charge < -0.3 is 21.7 Å². The molecule has 0 aliphatic heterocycles. The van der Waals surface area contributed by atoms with Crippen LogP contribution in [0.15, 0.2) is 34.1 Å². The van der Waals surface area contributed by atoms with Crippen LogP contribution < -0.4 is 11.5 Å². The van der Waals surface area contributed by atoms with Gasteiger partial charge in [0.1, 0.15) is 11.5 Å². The highest BCUT2D eigenvalue weighted by Gasteiger charge is 2.10. The van der Waals surface area contributed by atoms with Crippen LogP contribution in [0.1, 0.15) is 11.1 Å². The first-order valence-electron chi connectivity index (χ1n) is 5.74. The molecule has 2 aromatic rings. The molecule has 0 saturated carbocycles. The molecule has 0 bridgehead atoms. The fourth-order valence-corrected chi connectivity index (χ4v) is 2.61. The Morgan fingerprint density at radius 3 is 2.16 bits per heavy atom. The Bertz CT molecular complexity index is 586. The predicted octanol–water partition coefficient (Wildman–Crippen LogP) is 3.03. The molecule has 0 spiro atoms. The molecule has 19 heavy (non-hydrogen) atoms. The fourth-order valence-electron chi connectivity index (χ4n) is 1.68. The number of phenolic OH excluding ortho intramolecular Hbond substituents is 2. The molecule has 0 aliphatic rings. The molecule has 5 heteroatoms. The largest absolute Gasteiger partial charge is 0.508 e. The maximum absolute atomic E-state index is 9.91. The standard InChI is InChI=1S/C14H16N2O2S/c1-7-4-12(18)14(5-9(7)15)19-13-6-11(17)8(2)3-10(13)16/h3-6,17-18H,15-16H2,1-2H3. The molecule has 0 fully saturated rings. The zero-order chi connectivity index (χ0) is 14.2. The van der Waals surface area contributed by atoms with Gasteiger partial charge in [0.15, 0.2) is 0 Å². The first kappa shape index (κ1) is 13.4. The number of nitrogen functional groups attached to an aromatic ring is 2. The number of hydrogen-bond acceptors (Lipinski definition) is 5. The van der Waals surface area contributed by atoms with Crippen molar-refractivity contribution in [2.24, 2.45) is 0 Å². The van der Waals surface area contributed by atoms with Crippen LogP contribution in [-0.2, 0) is 0 Å². The van der Waals surface area contributed by atoms with Crippen LogP contribution in [0, 0.1) is 13.8 Å². The Balaban J connectivity index is 2.42. The van der Waals surface area contributed by atoms with E-state index in [0.717, 1.165) is 11.1 Å². The van der Waals surface area contributed by atoms with Gasteiger partial charge in [-0.1, -0.05) is 11.8 Å². The molecule has 0 aromatic heterocycles. The summed E-state index contributed by atoms with van der Waals surface area (Å²) in [5, 5.41) is 19.6. The minimum absolute atomic E-state index is 0.149. The first-order valence-corrected chi connectivity index (χ1v) is 6.56. The lowest BCUT2D eigenvalue weighted by atomic mass is 10.2. The van der Waals surface area contributed by atoms with Gasteiger partial charge in [0.2, 0.25) is 0 Å². The third-order valence-electron chi connectivity index (χ3n) is 2.90. The van der Waals surface area contributed by atoms with Gasteiger partial charge in [-0.3, -0.25) is 0 Å². The highest BCUT2D eigenvalue weighted by atomic mass is 32.2. The fraction of sp³-hybridized carbons (Fsp3) is 0.143. The second-order valence-electron chi connectivity index (χ2n) is 4.46. The number of hydrogen-bond donors (Lipinski definition) is 4. The van der Waals surface area contributed by atoms with Crippen LogP contribution >= 0.6 is 11.8 Å². The van der Waals surface area contributed by atoms with Crippen LogP contribution in [0.4, 0.5) is 11.4 Å². The number of phenols is 2. The Hall–Kier alpha value is -2.01. The van der Waals surface area contributed by atoms with Crippen molar-refractivity contribution in [2.75, 3.05) is 11.5 Å². The van der Waals surface area contributed by atoms with E-state index in [4.69, 9.17) is 11.5 Å². The quantitative estimate of drug-likeness (QED) is 0.500. The van der Waals surface area contributed by atoms with E-state index < -0.39 is 0 Å². The van der Waals surface area contributed by atoms with Crippen LogP contribution in [0.3, 0.4) is 0 Å². The van der Waals surface area contributed by atoms with Gasteiger partial charge >= 0.3 is 0 Å². The molecule has 0 atom stereocenters. The van der Waals surface area contributed by atoms with E-state index in [1.807, 2.05) is 6.92 Å². The first-order chi connectivity index (χ1) is 8.88. The molecular weight excluding hydrogens is 260 g/mol. The van der Waals surface area contributed by atoms with Crippen LogP contribution in [-0.4, -0.2) is 10.2 Å². The summed E-state index contributed by atoms with van der Waals surface area (Å²) in [7, 11) is 0. The lowest BCUT2D eigenvalue weighted by molar-refractivity contribution is 0.462. The minimum Gasteiger partial charge on any atom is -0.508 e. The summed E-state index contributed by atoms with van der Waals surface area (Å²) < 4.78 is 0. The van der Waals surface area contributed by atoms with Crippen LogP contribution in [0.2, 0.25) is 0 Å². The number of nitrogens with two attached hydrogens (primary N) is 2. The molecule has 0 saturated heterocycles. The second kappa shape index (κ2) is 4.93. The van der Waals surface area contributed by atoms with Gasteiger partial charge in [0.25, 0.3) is 0 Å². The highest BCUT2D eigenvalue weighted by molar-refractivity contribution is 7.99. The second-order valence-corrected chi connectivity index (χ2v) is 5.54. The molecule has 0 unspecified atom stereocenters. The van der Waals surface area contributed by atoms with Crippen LogP contribution in [0.25, 0.3) is 0 Å². The number of aromatic hydroxyl groups is 2. The molecule has 100 valence electrons. The summed E-state index contributed by atoms with van der Waals surface area (Å²) in [6, 6.07) is 6.60. The van der Waals surface area contributed by atoms with Crippen molar-refractivity contribution in [3.63, 3.8) is 0 Å². The molecule has 4 nitrogen and oxygen atoms in total. The van der Waals surface area contributed by atoms with Crippen LogP contribution in [0.5, 0.6) is 11.5 Å². The van der Waals surface area contributed by atoms with Crippen molar-refractivity contribution < 1.29 is 10.2 Å². The summed E-state index contributed by atoms with van der Waals surface area (Å²) in [6.45, 7) is 3.61. The molecule has 2 aromatic carbocycles. The summed E-state index contributed by atoms with van der Waals surface area (Å²) in [5.74, 6) is 0.326. The number of aryl methyl sites for hydroxylation is 2. The Kier molecular flexibility index (Phi) is 3.48. The van der Waals surface area contributed by atoms with Crippen molar-refractivity contribution >= 4 is 23.1 Å². The van der Waals surface area contributed by atoms with E-state index in [0.29, 0.717) is 21.2 Å². The third-order valence-corrected chi connectivity index (χ3v) is 4.02. The van der Waals surface area contributed by atoms with E-state index in [1.165, 1.54) is 11.8 Å². The topological polar surface area (TPSA) is 92.5 Å². The van der Waals surface area contributed by atoms with E-state index >= 15 is 0 Å². The molecular formula is C14H16N2O2S. The zero-order valence-corrected chi connectivity index (χ0v) is 11.6. The van der Waals surface area contributed by atoms with Crippen molar-refractivity contribution in [1.82, 2.24) is 0 Å². The van der Waals surface area contributed by atoms with Gasteiger partial charge in [-0.2, -0.15) is 0 Å². The summed E-state index contributed by atoms with van der Waals surface area (Å²) >= 11 is 1.27. The lowest BCUT2D eigenvalue weighted by Crippen LogP contribution is -1.92. The highest BCUT2D eigenvalue weighted by Crippen LogP contribution is 2.41. The van der Waals surface area contributed by atoms with Gasteiger partial charge in [0.05, 0.1) is 4.90 Å². The molecule has 6 N–H and O–H groups in total. The monoisotopic (exact) mass is 276 g/mol. The predicted molar refractivity (Wildman–Crippen MR) is 78.6 cm³/mol. The van der Waals surface area contributed by atoms with E-state index in [-0.39, 0.29) is 11.5 Å². The molecule has 0 heterocycles. The SMILES string of the molecule is Cc1cc(O)c(Sc2cc(O)c(C)cc2N)cc1N. The summed E-state index contributed by atoms with van der Waals surface area (Å²) in [6.07, 6.45) is 0. The third kappa shape index (κ3) is 2.71. The van der Waals surface area contributed by atoms with Gasteiger partial charge in [0, 0.05) is 16.3 Å².